The zero-order valence-corrected chi connectivity index (χ0v) is 7.77. The Balaban J connectivity index is 2.36. The van der Waals surface area contributed by atoms with Gasteiger partial charge in [0.05, 0.1) is 6.20 Å². The van der Waals surface area contributed by atoms with Crippen LogP contribution in [0.25, 0.3) is 0 Å². The van der Waals surface area contributed by atoms with Crippen LogP contribution in [0.3, 0.4) is 0 Å². The molecule has 0 aliphatic rings. The van der Waals surface area contributed by atoms with E-state index >= 15 is 0 Å². The highest BCUT2D eigenvalue weighted by molar-refractivity contribution is 7.09. The lowest BCUT2D eigenvalue weighted by atomic mass is 10.3. The molecular weight excluding hydrogens is 158 g/mol. The zero-order valence-electron chi connectivity index (χ0n) is 6.95. The number of nitrogens with zero attached hydrogens (tertiary/aromatic N) is 3. The fraction of sp³-hybridized carbons (Fsp3) is 0.714. The Labute approximate surface area is 71.2 Å². The van der Waals surface area contributed by atoms with E-state index in [2.05, 4.69) is 28.5 Å². The van der Waals surface area contributed by atoms with Crippen molar-refractivity contribution in [3.05, 3.63) is 6.20 Å². The number of rotatable bonds is 4. The molecule has 0 amide bonds. The van der Waals surface area contributed by atoms with Gasteiger partial charge in [-0.2, -0.15) is 0 Å². The van der Waals surface area contributed by atoms with Gasteiger partial charge in [0.1, 0.15) is 5.00 Å². The Morgan fingerprint density at radius 3 is 3.00 bits per heavy atom. The molecule has 0 bridgehead atoms. The molecule has 0 aromatic carbocycles. The molecule has 62 valence electrons. The Kier molecular flexibility index (Phi) is 3.29. The maximum Gasteiger partial charge on any atom is 0.132 e. The van der Waals surface area contributed by atoms with Crippen LogP contribution in [-0.4, -0.2) is 23.2 Å². The van der Waals surface area contributed by atoms with Gasteiger partial charge in [-0.25, -0.2) is 0 Å². The Bertz CT molecular complexity index is 186. The Hall–Kier alpha value is -0.640. The smallest absolute Gasteiger partial charge is 0.132 e. The minimum absolute atomic E-state index is 1.10. The van der Waals surface area contributed by atoms with Crippen molar-refractivity contribution in [3.8, 4) is 0 Å². The van der Waals surface area contributed by atoms with Crippen LogP contribution in [0.1, 0.15) is 19.8 Å². The molecule has 1 aromatic rings. The first-order chi connectivity index (χ1) is 5.34. The average Bonchev–Trinajstić information content (AvgIpc) is 2.52. The summed E-state index contributed by atoms with van der Waals surface area (Å²) in [6, 6.07) is 0. The van der Waals surface area contributed by atoms with Crippen LogP contribution in [-0.2, 0) is 0 Å². The maximum absolute atomic E-state index is 3.80. The van der Waals surface area contributed by atoms with E-state index in [1.807, 2.05) is 0 Å². The lowest BCUT2D eigenvalue weighted by molar-refractivity contribution is 0.770. The van der Waals surface area contributed by atoms with Gasteiger partial charge in [0.25, 0.3) is 0 Å². The lowest BCUT2D eigenvalue weighted by Gasteiger charge is -2.14. The number of aromatic nitrogens is 2. The molecule has 0 atom stereocenters. The van der Waals surface area contributed by atoms with Crippen LogP contribution in [0.4, 0.5) is 5.00 Å². The predicted molar refractivity (Wildman–Crippen MR) is 48.1 cm³/mol. The molecule has 0 saturated carbocycles. The Morgan fingerprint density at radius 1 is 1.64 bits per heavy atom. The largest absolute Gasteiger partial charge is 0.364 e. The molecule has 0 N–H and O–H groups in total. The van der Waals surface area contributed by atoms with Crippen LogP contribution in [0, 0.1) is 0 Å². The first kappa shape index (κ1) is 8.46. The highest BCUT2D eigenvalue weighted by Gasteiger charge is 2.00. The summed E-state index contributed by atoms with van der Waals surface area (Å²) in [5.74, 6) is 0. The Morgan fingerprint density at radius 2 is 2.45 bits per heavy atom. The van der Waals surface area contributed by atoms with Crippen molar-refractivity contribution in [3.63, 3.8) is 0 Å². The molecule has 0 radical (unpaired) electrons. The quantitative estimate of drug-likeness (QED) is 0.691. The van der Waals surface area contributed by atoms with Gasteiger partial charge in [-0.15, -0.1) is 5.10 Å². The molecule has 0 fully saturated rings. The highest BCUT2D eigenvalue weighted by atomic mass is 32.1. The van der Waals surface area contributed by atoms with Crippen LogP contribution >= 0.6 is 11.5 Å². The molecule has 0 aliphatic heterocycles. The van der Waals surface area contributed by atoms with Gasteiger partial charge in [-0.3, -0.25) is 0 Å². The summed E-state index contributed by atoms with van der Waals surface area (Å²) >= 11 is 1.45. The monoisotopic (exact) mass is 171 g/mol. The number of hydrogen-bond acceptors (Lipinski definition) is 4. The first-order valence-electron chi connectivity index (χ1n) is 3.83. The van der Waals surface area contributed by atoms with Gasteiger partial charge >= 0.3 is 0 Å². The summed E-state index contributed by atoms with van der Waals surface area (Å²) in [6.07, 6.45) is 4.27. The molecule has 3 nitrogen and oxygen atoms in total. The molecule has 0 aliphatic carbocycles. The maximum atomic E-state index is 3.80. The second-order valence-electron chi connectivity index (χ2n) is 2.53. The first-order valence-corrected chi connectivity index (χ1v) is 4.60. The third-order valence-electron chi connectivity index (χ3n) is 1.57. The number of hydrogen-bond donors (Lipinski definition) is 0. The van der Waals surface area contributed by atoms with Gasteiger partial charge in [0.15, 0.2) is 0 Å². The number of anilines is 1. The lowest BCUT2D eigenvalue weighted by Crippen LogP contribution is -2.16. The molecule has 1 heterocycles. The van der Waals surface area contributed by atoms with Gasteiger partial charge in [0.2, 0.25) is 0 Å². The van der Waals surface area contributed by atoms with E-state index in [-0.39, 0.29) is 0 Å². The summed E-state index contributed by atoms with van der Waals surface area (Å²) in [4.78, 5) is 2.19. The normalized spacial score (nSPS) is 10.0. The summed E-state index contributed by atoms with van der Waals surface area (Å²) in [5, 5.41) is 4.93. The van der Waals surface area contributed by atoms with Gasteiger partial charge < -0.3 is 4.90 Å². The molecular formula is C7H13N3S. The van der Waals surface area contributed by atoms with E-state index in [1.165, 1.54) is 24.4 Å². The third-order valence-corrected chi connectivity index (χ3v) is 2.35. The molecule has 0 unspecified atom stereocenters. The van der Waals surface area contributed by atoms with Crippen molar-refractivity contribution in [1.82, 2.24) is 9.59 Å². The van der Waals surface area contributed by atoms with E-state index in [9.17, 15) is 0 Å². The fourth-order valence-electron chi connectivity index (χ4n) is 0.836. The van der Waals surface area contributed by atoms with Crippen molar-refractivity contribution in [2.75, 3.05) is 18.5 Å². The second-order valence-corrected chi connectivity index (χ2v) is 3.30. The van der Waals surface area contributed by atoms with E-state index in [0.29, 0.717) is 0 Å². The van der Waals surface area contributed by atoms with Crippen LogP contribution in [0.2, 0.25) is 0 Å². The van der Waals surface area contributed by atoms with Crippen LogP contribution in [0.15, 0.2) is 6.20 Å². The standard InChI is InChI=1S/C7H13N3S/c1-3-4-5-10(2)7-6-8-9-11-7/h6H,3-5H2,1-2H3. The highest BCUT2D eigenvalue weighted by Crippen LogP contribution is 2.14. The van der Waals surface area contributed by atoms with Gasteiger partial charge in [-0.1, -0.05) is 17.8 Å². The topological polar surface area (TPSA) is 29.0 Å². The second kappa shape index (κ2) is 4.28. The van der Waals surface area contributed by atoms with Crippen LogP contribution < -0.4 is 4.90 Å². The summed E-state index contributed by atoms with van der Waals surface area (Å²) < 4.78 is 3.80. The van der Waals surface area contributed by atoms with Crippen LogP contribution in [0.5, 0.6) is 0 Å². The predicted octanol–water partition coefficient (Wildman–Crippen LogP) is 1.77. The van der Waals surface area contributed by atoms with Crippen molar-refractivity contribution in [2.24, 2.45) is 0 Å². The third kappa shape index (κ3) is 2.46. The minimum atomic E-state index is 1.10. The molecule has 0 saturated heterocycles. The van der Waals surface area contributed by atoms with E-state index in [1.54, 1.807) is 6.20 Å². The molecule has 1 rings (SSSR count). The molecule has 4 heteroatoms. The average molecular weight is 171 g/mol. The number of unbranched alkanes of at least 4 members (excludes halogenated alkanes) is 1. The minimum Gasteiger partial charge on any atom is -0.364 e. The van der Waals surface area contributed by atoms with Gasteiger partial charge in [-0.05, 0) is 6.42 Å². The van der Waals surface area contributed by atoms with E-state index in [4.69, 9.17) is 0 Å². The summed E-state index contributed by atoms with van der Waals surface area (Å²) in [7, 11) is 2.07. The van der Waals surface area contributed by atoms with Crippen molar-refractivity contribution in [1.29, 1.82) is 0 Å². The van der Waals surface area contributed by atoms with E-state index in [0.717, 1.165) is 11.5 Å². The SMILES string of the molecule is CCCCN(C)c1cnns1. The van der Waals surface area contributed by atoms with E-state index < -0.39 is 0 Å². The van der Waals surface area contributed by atoms with Gasteiger partial charge in [0, 0.05) is 25.1 Å². The van der Waals surface area contributed by atoms with Crippen molar-refractivity contribution in [2.45, 2.75) is 19.8 Å². The van der Waals surface area contributed by atoms with Crippen molar-refractivity contribution < 1.29 is 0 Å². The summed E-state index contributed by atoms with van der Waals surface area (Å²) in [5.41, 5.74) is 0. The fourth-order valence-corrected chi connectivity index (χ4v) is 1.34. The molecule has 11 heavy (non-hydrogen) atoms. The van der Waals surface area contributed by atoms with Crippen molar-refractivity contribution >= 4 is 16.5 Å². The molecule has 1 aromatic heterocycles. The summed E-state index contributed by atoms with van der Waals surface area (Å²) in [6.45, 7) is 3.29. The zero-order chi connectivity index (χ0) is 8.10. The molecule has 0 spiro atoms.